The minimum Gasteiger partial charge on any atom is -0.493 e. The van der Waals surface area contributed by atoms with Crippen molar-refractivity contribution < 1.29 is 19.1 Å². The fourth-order valence-corrected chi connectivity index (χ4v) is 2.32. The Balaban J connectivity index is 2.02. The molecule has 0 aromatic heterocycles. The van der Waals surface area contributed by atoms with E-state index < -0.39 is 5.91 Å². The molecular weight excluding hydrogens is 308 g/mol. The average Bonchev–Trinajstić information content (AvgIpc) is 2.54. The van der Waals surface area contributed by atoms with E-state index in [1.54, 1.807) is 18.2 Å². The first-order valence-electron chi connectivity index (χ1n) is 7.46. The molecule has 0 bridgehead atoms. The van der Waals surface area contributed by atoms with Gasteiger partial charge in [-0.25, -0.2) is 0 Å². The summed E-state index contributed by atoms with van der Waals surface area (Å²) in [6, 6.07) is 12.4. The zero-order valence-corrected chi connectivity index (χ0v) is 13.5. The van der Waals surface area contributed by atoms with Crippen LogP contribution < -0.4 is 20.9 Å². The zero-order chi connectivity index (χ0) is 17.5. The quantitative estimate of drug-likeness (QED) is 0.765. The summed E-state index contributed by atoms with van der Waals surface area (Å²) in [5.41, 5.74) is 12.7. The Hall–Kier alpha value is -3.02. The Morgan fingerprint density at radius 3 is 2.42 bits per heavy atom. The predicted octanol–water partition coefficient (Wildman–Crippen LogP) is 1.44. The van der Waals surface area contributed by atoms with E-state index >= 15 is 0 Å². The molecule has 0 spiro atoms. The van der Waals surface area contributed by atoms with Crippen LogP contribution in [-0.2, 0) is 17.6 Å². The molecule has 0 saturated heterocycles. The van der Waals surface area contributed by atoms with Gasteiger partial charge in [-0.15, -0.1) is 0 Å². The van der Waals surface area contributed by atoms with Crippen LogP contribution in [-0.4, -0.2) is 25.5 Å². The fourth-order valence-electron chi connectivity index (χ4n) is 2.32. The van der Waals surface area contributed by atoms with Crippen LogP contribution in [0.15, 0.2) is 42.5 Å². The molecule has 2 amide bonds. The van der Waals surface area contributed by atoms with Crippen molar-refractivity contribution in [3.63, 3.8) is 0 Å². The molecule has 0 aliphatic rings. The lowest BCUT2D eigenvalue weighted by Crippen LogP contribution is -2.13. The highest BCUT2D eigenvalue weighted by Gasteiger charge is 2.09. The summed E-state index contributed by atoms with van der Waals surface area (Å²) in [6.07, 6.45) is 0.847. The number of nitrogens with two attached hydrogens (primary N) is 2. The first-order chi connectivity index (χ1) is 11.5. The van der Waals surface area contributed by atoms with Gasteiger partial charge in [-0.1, -0.05) is 24.3 Å². The summed E-state index contributed by atoms with van der Waals surface area (Å²) in [6.45, 7) is 0.387. The van der Waals surface area contributed by atoms with Crippen LogP contribution in [0, 0.1) is 0 Å². The van der Waals surface area contributed by atoms with Crippen molar-refractivity contribution in [2.24, 2.45) is 11.5 Å². The third-order valence-electron chi connectivity index (χ3n) is 3.47. The number of carbonyl (C=O) groups excluding carboxylic acids is 2. The van der Waals surface area contributed by atoms with Crippen LogP contribution in [0.1, 0.15) is 21.5 Å². The van der Waals surface area contributed by atoms with E-state index in [0.717, 1.165) is 11.1 Å². The highest BCUT2D eigenvalue weighted by atomic mass is 16.5. The monoisotopic (exact) mass is 328 g/mol. The minimum absolute atomic E-state index is 0.211. The molecule has 0 fully saturated rings. The average molecular weight is 328 g/mol. The number of hydrogen-bond acceptors (Lipinski definition) is 4. The summed E-state index contributed by atoms with van der Waals surface area (Å²) in [5.74, 6) is 0.0997. The maximum atomic E-state index is 11.3. The standard InChI is InChI=1S/C18H20N2O4/c1-23-15-6-5-14(18(20)22)11-16(15)24-8-7-12-3-2-4-13(9-12)10-17(19)21/h2-6,9,11H,7-8,10H2,1H3,(H2,19,21)(H2,20,22). The molecule has 24 heavy (non-hydrogen) atoms. The number of benzene rings is 2. The number of rotatable bonds is 8. The number of hydrogen-bond donors (Lipinski definition) is 2. The van der Waals surface area contributed by atoms with E-state index in [9.17, 15) is 9.59 Å². The Morgan fingerprint density at radius 2 is 1.75 bits per heavy atom. The van der Waals surface area contributed by atoms with E-state index in [0.29, 0.717) is 30.1 Å². The molecule has 0 unspecified atom stereocenters. The first-order valence-corrected chi connectivity index (χ1v) is 7.46. The van der Waals surface area contributed by atoms with E-state index in [-0.39, 0.29) is 12.3 Å². The molecule has 0 atom stereocenters. The topological polar surface area (TPSA) is 105 Å². The van der Waals surface area contributed by atoms with Gasteiger partial charge in [0.15, 0.2) is 11.5 Å². The van der Waals surface area contributed by atoms with Gasteiger partial charge in [0.2, 0.25) is 11.8 Å². The van der Waals surface area contributed by atoms with Crippen molar-refractivity contribution in [1.29, 1.82) is 0 Å². The molecule has 0 radical (unpaired) electrons. The Labute approximate surface area is 140 Å². The van der Waals surface area contributed by atoms with Gasteiger partial charge in [-0.3, -0.25) is 9.59 Å². The number of methoxy groups -OCH3 is 1. The summed E-state index contributed by atoms with van der Waals surface area (Å²) in [5, 5.41) is 0. The zero-order valence-electron chi connectivity index (χ0n) is 13.5. The third-order valence-corrected chi connectivity index (χ3v) is 3.47. The van der Waals surface area contributed by atoms with Gasteiger partial charge >= 0.3 is 0 Å². The predicted molar refractivity (Wildman–Crippen MR) is 90.1 cm³/mol. The molecule has 6 heteroatoms. The molecule has 2 rings (SSSR count). The minimum atomic E-state index is -0.526. The van der Waals surface area contributed by atoms with E-state index in [2.05, 4.69) is 0 Å². The van der Waals surface area contributed by atoms with Crippen molar-refractivity contribution in [2.75, 3.05) is 13.7 Å². The first kappa shape index (κ1) is 17.3. The molecule has 126 valence electrons. The normalized spacial score (nSPS) is 10.2. The van der Waals surface area contributed by atoms with Gasteiger partial charge in [0.05, 0.1) is 20.1 Å². The van der Waals surface area contributed by atoms with Crippen molar-refractivity contribution in [1.82, 2.24) is 0 Å². The number of primary amides is 2. The molecule has 0 aliphatic heterocycles. The summed E-state index contributed by atoms with van der Waals surface area (Å²) in [4.78, 5) is 22.2. The van der Waals surface area contributed by atoms with Gasteiger partial charge < -0.3 is 20.9 Å². The van der Waals surface area contributed by atoms with Crippen LogP contribution in [0.25, 0.3) is 0 Å². The van der Waals surface area contributed by atoms with E-state index in [1.165, 1.54) is 7.11 Å². The van der Waals surface area contributed by atoms with Crippen molar-refractivity contribution in [3.05, 3.63) is 59.2 Å². The van der Waals surface area contributed by atoms with E-state index in [1.807, 2.05) is 24.3 Å². The third kappa shape index (κ3) is 4.74. The largest absolute Gasteiger partial charge is 0.493 e. The van der Waals surface area contributed by atoms with Crippen LogP contribution in [0.4, 0.5) is 0 Å². The van der Waals surface area contributed by atoms with Gasteiger partial charge in [0.1, 0.15) is 0 Å². The second-order valence-electron chi connectivity index (χ2n) is 5.29. The SMILES string of the molecule is COc1ccc(C(N)=O)cc1OCCc1cccc(CC(N)=O)c1. The van der Waals surface area contributed by atoms with Gasteiger partial charge in [0.25, 0.3) is 0 Å². The lowest BCUT2D eigenvalue weighted by molar-refractivity contribution is -0.117. The number of amides is 2. The molecule has 0 saturated carbocycles. The second kappa shape index (κ2) is 8.01. The molecular formula is C18H20N2O4. The fraction of sp³-hybridized carbons (Fsp3) is 0.222. The molecule has 2 aromatic rings. The van der Waals surface area contributed by atoms with Gasteiger partial charge in [-0.05, 0) is 29.3 Å². The highest BCUT2D eigenvalue weighted by molar-refractivity contribution is 5.93. The molecule has 0 aliphatic carbocycles. The summed E-state index contributed by atoms with van der Waals surface area (Å²) in [7, 11) is 1.53. The van der Waals surface area contributed by atoms with Crippen molar-refractivity contribution >= 4 is 11.8 Å². The highest BCUT2D eigenvalue weighted by Crippen LogP contribution is 2.28. The van der Waals surface area contributed by atoms with Gasteiger partial charge in [-0.2, -0.15) is 0 Å². The summed E-state index contributed by atoms with van der Waals surface area (Å²) >= 11 is 0. The summed E-state index contributed by atoms with van der Waals surface area (Å²) < 4.78 is 10.9. The smallest absolute Gasteiger partial charge is 0.248 e. The Bertz CT molecular complexity index is 744. The molecule has 0 heterocycles. The Morgan fingerprint density at radius 1 is 1.00 bits per heavy atom. The Kier molecular flexibility index (Phi) is 5.78. The van der Waals surface area contributed by atoms with Crippen molar-refractivity contribution in [3.8, 4) is 11.5 Å². The van der Waals surface area contributed by atoms with Crippen molar-refractivity contribution in [2.45, 2.75) is 12.8 Å². The number of carbonyl (C=O) groups is 2. The number of ether oxygens (including phenoxy) is 2. The maximum absolute atomic E-state index is 11.3. The van der Waals surface area contributed by atoms with Crippen LogP contribution in [0.5, 0.6) is 11.5 Å². The lowest BCUT2D eigenvalue weighted by atomic mass is 10.1. The van der Waals surface area contributed by atoms with Gasteiger partial charge in [0, 0.05) is 12.0 Å². The van der Waals surface area contributed by atoms with E-state index in [4.69, 9.17) is 20.9 Å². The van der Waals surface area contributed by atoms with Crippen LogP contribution >= 0.6 is 0 Å². The molecule has 4 N–H and O–H groups in total. The van der Waals surface area contributed by atoms with Crippen LogP contribution in [0.3, 0.4) is 0 Å². The maximum Gasteiger partial charge on any atom is 0.248 e. The lowest BCUT2D eigenvalue weighted by Gasteiger charge is -2.12. The van der Waals surface area contributed by atoms with Crippen LogP contribution in [0.2, 0.25) is 0 Å². The molecule has 2 aromatic carbocycles. The molecule has 6 nitrogen and oxygen atoms in total. The second-order valence-corrected chi connectivity index (χ2v) is 5.29.